The molecule has 0 aromatic carbocycles. The number of carbonyl (C=O) groups is 1. The summed E-state index contributed by atoms with van der Waals surface area (Å²) in [5.41, 5.74) is 1.47. The van der Waals surface area contributed by atoms with Gasteiger partial charge in [0.1, 0.15) is 0 Å². The van der Waals surface area contributed by atoms with Crippen LogP contribution < -0.4 is 0 Å². The highest BCUT2D eigenvalue weighted by molar-refractivity contribution is 5.91. The van der Waals surface area contributed by atoms with Crippen molar-refractivity contribution in [3.63, 3.8) is 0 Å². The number of aromatic amines is 2. The van der Waals surface area contributed by atoms with Crippen molar-refractivity contribution < 1.29 is 4.79 Å². The van der Waals surface area contributed by atoms with Crippen LogP contribution in [0.4, 0.5) is 0 Å². The number of H-pyrrole nitrogens is 2. The summed E-state index contributed by atoms with van der Waals surface area (Å²) in [6, 6.07) is 1.97. The Hall–Kier alpha value is -2.18. The molecular weight excluding hydrogens is 232 g/mol. The van der Waals surface area contributed by atoms with Crippen LogP contribution in [0.2, 0.25) is 0 Å². The van der Waals surface area contributed by atoms with E-state index in [9.17, 15) is 4.79 Å². The van der Waals surface area contributed by atoms with Gasteiger partial charge in [-0.2, -0.15) is 20.5 Å². The molecule has 1 aliphatic rings. The number of hydrogen-bond acceptors (Lipinski definition) is 4. The largest absolute Gasteiger partial charge is 0.337 e. The number of amides is 1. The molecule has 3 heterocycles. The topological polar surface area (TPSA) is 90.6 Å². The quantitative estimate of drug-likeness (QED) is 0.809. The van der Waals surface area contributed by atoms with Crippen molar-refractivity contribution in [2.24, 2.45) is 0 Å². The lowest BCUT2D eigenvalue weighted by Crippen LogP contribution is -2.39. The van der Waals surface area contributed by atoms with Crippen molar-refractivity contribution in [2.45, 2.75) is 18.8 Å². The number of nitrogens with zero attached hydrogens (tertiary/aromatic N) is 4. The fraction of sp³-hybridized carbons (Fsp3) is 0.455. The van der Waals surface area contributed by atoms with E-state index in [4.69, 9.17) is 0 Å². The Bertz CT molecular complexity index is 506. The minimum atomic E-state index is -0.0621. The number of aromatic nitrogens is 5. The molecule has 0 saturated carbocycles. The Labute approximate surface area is 104 Å². The fourth-order valence-electron chi connectivity index (χ4n) is 2.38. The van der Waals surface area contributed by atoms with E-state index < -0.39 is 0 Å². The molecule has 2 aromatic rings. The van der Waals surface area contributed by atoms with Gasteiger partial charge in [-0.1, -0.05) is 0 Å². The normalized spacial score (nSPS) is 20.0. The Morgan fingerprint density at radius 1 is 1.44 bits per heavy atom. The summed E-state index contributed by atoms with van der Waals surface area (Å²) < 4.78 is 0. The SMILES string of the molecule is O=C(c1cn[nH]n1)N1CCC[C@@H](c2ccn[nH]2)C1. The monoisotopic (exact) mass is 246 g/mol. The van der Waals surface area contributed by atoms with Gasteiger partial charge in [-0.25, -0.2) is 0 Å². The number of likely N-dealkylation sites (tertiary alicyclic amines) is 1. The molecule has 2 aromatic heterocycles. The number of hydrogen-bond donors (Lipinski definition) is 2. The van der Waals surface area contributed by atoms with Gasteiger partial charge in [-0.15, -0.1) is 0 Å². The van der Waals surface area contributed by atoms with Crippen molar-refractivity contribution in [2.75, 3.05) is 13.1 Å². The molecule has 2 N–H and O–H groups in total. The molecule has 0 spiro atoms. The van der Waals surface area contributed by atoms with Gasteiger partial charge < -0.3 is 4.90 Å². The molecule has 3 rings (SSSR count). The zero-order valence-electron chi connectivity index (χ0n) is 9.83. The average molecular weight is 246 g/mol. The summed E-state index contributed by atoms with van der Waals surface area (Å²) in [4.78, 5) is 14.0. The van der Waals surface area contributed by atoms with E-state index in [1.165, 1.54) is 6.20 Å². The molecule has 0 radical (unpaired) electrons. The van der Waals surface area contributed by atoms with Crippen LogP contribution in [0.1, 0.15) is 34.9 Å². The number of carbonyl (C=O) groups excluding carboxylic acids is 1. The second-order valence-corrected chi connectivity index (χ2v) is 4.46. The maximum Gasteiger partial charge on any atom is 0.276 e. The van der Waals surface area contributed by atoms with E-state index in [0.717, 1.165) is 25.1 Å². The molecule has 1 amide bonds. The van der Waals surface area contributed by atoms with Gasteiger partial charge in [0.2, 0.25) is 0 Å². The third-order valence-electron chi connectivity index (χ3n) is 3.30. The second kappa shape index (κ2) is 4.59. The van der Waals surface area contributed by atoms with E-state index in [2.05, 4.69) is 25.6 Å². The molecule has 0 aliphatic carbocycles. The highest BCUT2D eigenvalue weighted by Crippen LogP contribution is 2.25. The smallest absolute Gasteiger partial charge is 0.276 e. The first-order chi connectivity index (χ1) is 8.84. The second-order valence-electron chi connectivity index (χ2n) is 4.46. The molecule has 0 bridgehead atoms. The Balaban J connectivity index is 1.73. The minimum Gasteiger partial charge on any atom is -0.337 e. The first-order valence-corrected chi connectivity index (χ1v) is 5.99. The first-order valence-electron chi connectivity index (χ1n) is 5.99. The zero-order chi connectivity index (χ0) is 12.4. The van der Waals surface area contributed by atoms with Crippen LogP contribution in [0.5, 0.6) is 0 Å². The third-order valence-corrected chi connectivity index (χ3v) is 3.30. The maximum absolute atomic E-state index is 12.2. The van der Waals surface area contributed by atoms with Crippen LogP contribution in [0.25, 0.3) is 0 Å². The van der Waals surface area contributed by atoms with Crippen molar-refractivity contribution in [1.82, 2.24) is 30.5 Å². The molecule has 0 unspecified atom stereocenters. The van der Waals surface area contributed by atoms with Crippen molar-refractivity contribution in [1.29, 1.82) is 0 Å². The number of piperidine rings is 1. The van der Waals surface area contributed by atoms with Crippen molar-refractivity contribution in [3.8, 4) is 0 Å². The minimum absolute atomic E-state index is 0.0621. The van der Waals surface area contributed by atoms with Crippen LogP contribution in [0.15, 0.2) is 18.5 Å². The van der Waals surface area contributed by atoms with E-state index in [1.54, 1.807) is 6.20 Å². The summed E-state index contributed by atoms with van der Waals surface area (Å²) in [7, 11) is 0. The highest BCUT2D eigenvalue weighted by Gasteiger charge is 2.27. The van der Waals surface area contributed by atoms with Crippen LogP contribution in [0.3, 0.4) is 0 Å². The maximum atomic E-state index is 12.2. The fourth-order valence-corrected chi connectivity index (χ4v) is 2.38. The summed E-state index contributed by atoms with van der Waals surface area (Å²) in [5.74, 6) is 0.269. The summed E-state index contributed by atoms with van der Waals surface area (Å²) >= 11 is 0. The predicted octanol–water partition coefficient (Wildman–Crippen LogP) is 0.548. The summed E-state index contributed by atoms with van der Waals surface area (Å²) in [6.07, 6.45) is 5.27. The number of nitrogens with one attached hydrogen (secondary N) is 2. The molecule has 1 saturated heterocycles. The Morgan fingerprint density at radius 2 is 2.39 bits per heavy atom. The predicted molar refractivity (Wildman–Crippen MR) is 62.8 cm³/mol. The Morgan fingerprint density at radius 3 is 3.11 bits per heavy atom. The molecule has 94 valence electrons. The molecule has 18 heavy (non-hydrogen) atoms. The van der Waals surface area contributed by atoms with Crippen molar-refractivity contribution >= 4 is 5.91 Å². The average Bonchev–Trinajstić information content (AvgIpc) is 3.11. The molecule has 7 nitrogen and oxygen atoms in total. The van der Waals surface area contributed by atoms with Gasteiger partial charge in [0.25, 0.3) is 5.91 Å². The van der Waals surface area contributed by atoms with Crippen molar-refractivity contribution in [3.05, 3.63) is 29.8 Å². The lowest BCUT2D eigenvalue weighted by Gasteiger charge is -2.31. The summed E-state index contributed by atoms with van der Waals surface area (Å²) in [5, 5.41) is 16.9. The lowest BCUT2D eigenvalue weighted by molar-refractivity contribution is 0.0700. The standard InChI is InChI=1S/C11H14N6O/c18-11(10-6-13-16-15-10)17-5-1-2-8(7-17)9-3-4-12-14-9/h3-4,6,8H,1-2,5,7H2,(H,12,14)(H,13,15,16)/t8-/m1/s1. The lowest BCUT2D eigenvalue weighted by atomic mass is 9.95. The van der Waals surface area contributed by atoms with Crippen LogP contribution in [0, 0.1) is 0 Å². The molecule has 1 atom stereocenters. The Kier molecular flexibility index (Phi) is 2.79. The zero-order valence-corrected chi connectivity index (χ0v) is 9.83. The molecule has 7 heteroatoms. The van der Waals surface area contributed by atoms with E-state index in [1.807, 2.05) is 11.0 Å². The van der Waals surface area contributed by atoms with Crippen LogP contribution in [-0.2, 0) is 0 Å². The van der Waals surface area contributed by atoms with E-state index in [0.29, 0.717) is 18.2 Å². The van der Waals surface area contributed by atoms with Gasteiger partial charge in [0, 0.05) is 30.9 Å². The highest BCUT2D eigenvalue weighted by atomic mass is 16.2. The third kappa shape index (κ3) is 1.99. The van der Waals surface area contributed by atoms with Gasteiger partial charge in [0.15, 0.2) is 5.69 Å². The van der Waals surface area contributed by atoms with Crippen LogP contribution in [-0.4, -0.2) is 49.5 Å². The van der Waals surface area contributed by atoms with Gasteiger partial charge in [0.05, 0.1) is 6.20 Å². The van der Waals surface area contributed by atoms with Gasteiger partial charge >= 0.3 is 0 Å². The first kappa shape index (κ1) is 10.9. The summed E-state index contributed by atoms with van der Waals surface area (Å²) in [6.45, 7) is 1.48. The molecule has 1 fully saturated rings. The van der Waals surface area contributed by atoms with Gasteiger partial charge in [-0.05, 0) is 18.9 Å². The van der Waals surface area contributed by atoms with Crippen LogP contribution >= 0.6 is 0 Å². The number of rotatable bonds is 2. The molecular formula is C11H14N6O. The van der Waals surface area contributed by atoms with Gasteiger partial charge in [-0.3, -0.25) is 9.89 Å². The molecule has 1 aliphatic heterocycles. The van der Waals surface area contributed by atoms with E-state index >= 15 is 0 Å². The van der Waals surface area contributed by atoms with E-state index in [-0.39, 0.29) is 5.91 Å².